The summed E-state index contributed by atoms with van der Waals surface area (Å²) in [5.74, 6) is -0.483. The Labute approximate surface area is 115 Å². The third kappa shape index (κ3) is 7.50. The van der Waals surface area contributed by atoms with Gasteiger partial charge in [0.2, 0.25) is 0 Å². The van der Waals surface area contributed by atoms with Crippen molar-refractivity contribution in [2.75, 3.05) is 19.8 Å². The Morgan fingerprint density at radius 3 is 2.32 bits per heavy atom. The SMILES string of the molecule is CCCCCC(O)CC(=O)OCC(CC)(CO)CO. The molecule has 0 bridgehead atoms. The van der Waals surface area contributed by atoms with E-state index in [9.17, 15) is 20.1 Å². The first-order chi connectivity index (χ1) is 9.03. The molecular weight excluding hydrogens is 248 g/mol. The summed E-state index contributed by atoms with van der Waals surface area (Å²) >= 11 is 0. The van der Waals surface area contributed by atoms with Gasteiger partial charge in [0.15, 0.2) is 0 Å². The van der Waals surface area contributed by atoms with Gasteiger partial charge < -0.3 is 20.1 Å². The summed E-state index contributed by atoms with van der Waals surface area (Å²) in [7, 11) is 0. The molecule has 0 saturated carbocycles. The Kier molecular flexibility index (Phi) is 9.83. The maximum Gasteiger partial charge on any atom is 0.308 e. The van der Waals surface area contributed by atoms with E-state index in [-0.39, 0.29) is 26.2 Å². The van der Waals surface area contributed by atoms with E-state index in [1.807, 2.05) is 6.92 Å². The van der Waals surface area contributed by atoms with Gasteiger partial charge in [-0.15, -0.1) is 0 Å². The lowest BCUT2D eigenvalue weighted by Crippen LogP contribution is -2.35. The molecule has 19 heavy (non-hydrogen) atoms. The van der Waals surface area contributed by atoms with E-state index in [1.165, 1.54) is 0 Å². The van der Waals surface area contributed by atoms with Crippen molar-refractivity contribution in [2.24, 2.45) is 5.41 Å². The van der Waals surface area contributed by atoms with Crippen LogP contribution < -0.4 is 0 Å². The molecule has 1 unspecified atom stereocenters. The molecule has 5 heteroatoms. The predicted octanol–water partition coefficient (Wildman–Crippen LogP) is 1.24. The van der Waals surface area contributed by atoms with Crippen LogP contribution >= 0.6 is 0 Å². The maximum atomic E-state index is 11.5. The van der Waals surface area contributed by atoms with E-state index in [0.29, 0.717) is 12.8 Å². The molecule has 0 fully saturated rings. The monoisotopic (exact) mass is 276 g/mol. The van der Waals surface area contributed by atoms with E-state index in [1.54, 1.807) is 0 Å². The number of aliphatic hydroxyl groups excluding tert-OH is 3. The number of esters is 1. The van der Waals surface area contributed by atoms with Gasteiger partial charge in [-0.25, -0.2) is 0 Å². The molecule has 0 radical (unpaired) electrons. The average Bonchev–Trinajstić information content (AvgIpc) is 2.41. The third-order valence-corrected chi connectivity index (χ3v) is 3.50. The Morgan fingerprint density at radius 1 is 1.21 bits per heavy atom. The number of ether oxygens (including phenoxy) is 1. The normalized spacial score (nSPS) is 13.3. The van der Waals surface area contributed by atoms with Gasteiger partial charge in [-0.1, -0.05) is 33.1 Å². The third-order valence-electron chi connectivity index (χ3n) is 3.50. The quantitative estimate of drug-likeness (QED) is 0.390. The van der Waals surface area contributed by atoms with E-state index >= 15 is 0 Å². The topological polar surface area (TPSA) is 87.0 Å². The summed E-state index contributed by atoms with van der Waals surface area (Å²) in [6, 6.07) is 0. The highest BCUT2D eigenvalue weighted by atomic mass is 16.5. The highest BCUT2D eigenvalue weighted by molar-refractivity contribution is 5.69. The second-order valence-corrected chi connectivity index (χ2v) is 5.18. The van der Waals surface area contributed by atoms with Crippen LogP contribution in [-0.2, 0) is 9.53 Å². The van der Waals surface area contributed by atoms with Crippen molar-refractivity contribution in [2.45, 2.75) is 58.5 Å². The van der Waals surface area contributed by atoms with E-state index in [4.69, 9.17) is 4.74 Å². The Balaban J connectivity index is 3.97. The summed E-state index contributed by atoms with van der Waals surface area (Å²) in [6.45, 7) is 3.42. The van der Waals surface area contributed by atoms with Gasteiger partial charge in [-0.3, -0.25) is 4.79 Å². The van der Waals surface area contributed by atoms with Crippen LogP contribution in [0.4, 0.5) is 0 Å². The minimum atomic E-state index is -0.775. The number of hydrogen-bond donors (Lipinski definition) is 3. The van der Waals surface area contributed by atoms with Gasteiger partial charge in [-0.05, 0) is 12.8 Å². The van der Waals surface area contributed by atoms with Crippen molar-refractivity contribution in [3.63, 3.8) is 0 Å². The molecule has 0 spiro atoms. The van der Waals surface area contributed by atoms with Crippen LogP contribution in [-0.4, -0.2) is 47.2 Å². The molecule has 0 heterocycles. The first-order valence-electron chi connectivity index (χ1n) is 7.09. The molecule has 0 amide bonds. The van der Waals surface area contributed by atoms with Crippen LogP contribution in [0.25, 0.3) is 0 Å². The fraction of sp³-hybridized carbons (Fsp3) is 0.929. The lowest BCUT2D eigenvalue weighted by Gasteiger charge is -2.27. The van der Waals surface area contributed by atoms with Crippen molar-refractivity contribution in [3.8, 4) is 0 Å². The van der Waals surface area contributed by atoms with Crippen molar-refractivity contribution in [1.82, 2.24) is 0 Å². The average molecular weight is 276 g/mol. The summed E-state index contributed by atoms with van der Waals surface area (Å²) in [5, 5.41) is 28.1. The molecule has 5 nitrogen and oxygen atoms in total. The minimum absolute atomic E-state index is 0.0169. The fourth-order valence-corrected chi connectivity index (χ4v) is 1.68. The van der Waals surface area contributed by atoms with Gasteiger partial charge in [0.1, 0.15) is 6.61 Å². The van der Waals surface area contributed by atoms with Gasteiger partial charge >= 0.3 is 5.97 Å². The van der Waals surface area contributed by atoms with Crippen LogP contribution in [0.1, 0.15) is 52.4 Å². The molecule has 0 aliphatic rings. The fourth-order valence-electron chi connectivity index (χ4n) is 1.68. The zero-order chi connectivity index (χ0) is 14.7. The molecule has 0 aromatic heterocycles. The van der Waals surface area contributed by atoms with Crippen molar-refractivity contribution >= 4 is 5.97 Å². The molecular formula is C14H28O5. The Morgan fingerprint density at radius 2 is 1.84 bits per heavy atom. The minimum Gasteiger partial charge on any atom is -0.465 e. The summed E-state index contributed by atoms with van der Waals surface area (Å²) < 4.78 is 5.04. The molecule has 0 rings (SSSR count). The summed E-state index contributed by atoms with van der Waals surface area (Å²) in [5.41, 5.74) is -0.775. The number of hydrogen-bond acceptors (Lipinski definition) is 5. The van der Waals surface area contributed by atoms with E-state index < -0.39 is 17.5 Å². The maximum absolute atomic E-state index is 11.5. The van der Waals surface area contributed by atoms with Gasteiger partial charge in [0.25, 0.3) is 0 Å². The second-order valence-electron chi connectivity index (χ2n) is 5.18. The summed E-state index contributed by atoms with van der Waals surface area (Å²) in [4.78, 5) is 11.5. The molecule has 0 aliphatic heterocycles. The number of rotatable bonds is 11. The highest BCUT2D eigenvalue weighted by Crippen LogP contribution is 2.21. The molecule has 0 aromatic rings. The smallest absolute Gasteiger partial charge is 0.308 e. The number of carbonyl (C=O) groups excluding carboxylic acids is 1. The molecule has 0 aromatic carbocycles. The summed E-state index contributed by atoms with van der Waals surface area (Å²) in [6.07, 6.45) is 3.44. The van der Waals surface area contributed by atoms with E-state index in [2.05, 4.69) is 6.92 Å². The largest absolute Gasteiger partial charge is 0.465 e. The lowest BCUT2D eigenvalue weighted by atomic mass is 9.88. The molecule has 0 aliphatic carbocycles. The van der Waals surface area contributed by atoms with E-state index in [0.717, 1.165) is 19.3 Å². The van der Waals surface area contributed by atoms with Gasteiger partial charge in [0.05, 0.1) is 31.2 Å². The van der Waals surface area contributed by atoms with Crippen molar-refractivity contribution < 1.29 is 24.9 Å². The van der Waals surface area contributed by atoms with Crippen molar-refractivity contribution in [3.05, 3.63) is 0 Å². The Bertz CT molecular complexity index is 230. The predicted molar refractivity (Wildman–Crippen MR) is 72.6 cm³/mol. The van der Waals surface area contributed by atoms with Crippen LogP contribution in [0.5, 0.6) is 0 Å². The molecule has 114 valence electrons. The van der Waals surface area contributed by atoms with Crippen LogP contribution in [0.15, 0.2) is 0 Å². The number of aliphatic hydroxyl groups is 3. The van der Waals surface area contributed by atoms with Crippen LogP contribution in [0.3, 0.4) is 0 Å². The van der Waals surface area contributed by atoms with Crippen molar-refractivity contribution in [1.29, 1.82) is 0 Å². The highest BCUT2D eigenvalue weighted by Gasteiger charge is 2.28. The zero-order valence-corrected chi connectivity index (χ0v) is 12.1. The number of unbranched alkanes of at least 4 members (excludes halogenated alkanes) is 2. The lowest BCUT2D eigenvalue weighted by molar-refractivity contribution is -0.152. The molecule has 0 saturated heterocycles. The first kappa shape index (κ1) is 18.4. The van der Waals surface area contributed by atoms with Crippen LogP contribution in [0.2, 0.25) is 0 Å². The second kappa shape index (κ2) is 10.2. The zero-order valence-electron chi connectivity index (χ0n) is 12.1. The molecule has 1 atom stereocenters. The first-order valence-corrected chi connectivity index (χ1v) is 7.09. The Hall–Kier alpha value is -0.650. The molecule has 3 N–H and O–H groups in total. The van der Waals surface area contributed by atoms with Gasteiger partial charge in [0, 0.05) is 0 Å². The standard InChI is InChI=1S/C14H28O5/c1-3-5-6-7-12(17)8-13(18)19-11-14(4-2,9-15)10-16/h12,15-17H,3-11H2,1-2H3. The van der Waals surface area contributed by atoms with Gasteiger partial charge in [-0.2, -0.15) is 0 Å². The van der Waals surface area contributed by atoms with Crippen LogP contribution in [0, 0.1) is 5.41 Å². The number of carbonyl (C=O) groups is 1.